The Labute approximate surface area is 210 Å². The van der Waals surface area contributed by atoms with Crippen molar-refractivity contribution < 1.29 is 17.5 Å². The Morgan fingerprint density at radius 3 is 2.72 bits per heavy atom. The molecule has 12 heteroatoms. The summed E-state index contributed by atoms with van der Waals surface area (Å²) in [5.41, 5.74) is 2.62. The Morgan fingerprint density at radius 1 is 1.08 bits per heavy atom. The molecule has 184 valence electrons. The number of aromatic nitrogens is 4. The molecule has 36 heavy (non-hydrogen) atoms. The molecule has 0 aliphatic heterocycles. The number of fused-ring (bicyclic) bond motifs is 1. The Morgan fingerprint density at radius 2 is 1.92 bits per heavy atom. The number of benzene rings is 2. The third kappa shape index (κ3) is 4.78. The lowest BCUT2D eigenvalue weighted by atomic mass is 10.1. The molecule has 0 aliphatic carbocycles. The van der Waals surface area contributed by atoms with Crippen LogP contribution in [0.25, 0.3) is 27.6 Å². The highest BCUT2D eigenvalue weighted by Crippen LogP contribution is 2.35. The Balaban J connectivity index is 1.38. The van der Waals surface area contributed by atoms with Crippen molar-refractivity contribution in [1.29, 1.82) is 0 Å². The second-order valence-corrected chi connectivity index (χ2v) is 10.3. The number of thiazole rings is 1. The molecule has 0 unspecified atom stereocenters. The fourth-order valence-corrected chi connectivity index (χ4v) is 5.42. The predicted molar refractivity (Wildman–Crippen MR) is 136 cm³/mol. The van der Waals surface area contributed by atoms with Gasteiger partial charge in [0.2, 0.25) is 16.0 Å². The van der Waals surface area contributed by atoms with Crippen LogP contribution in [0.3, 0.4) is 0 Å². The van der Waals surface area contributed by atoms with Crippen LogP contribution in [0.1, 0.15) is 0 Å². The van der Waals surface area contributed by atoms with Crippen molar-refractivity contribution in [1.82, 2.24) is 24.1 Å². The van der Waals surface area contributed by atoms with Crippen LogP contribution < -0.4 is 14.8 Å². The second kappa shape index (κ2) is 10.0. The van der Waals surface area contributed by atoms with Crippen LogP contribution in [0, 0.1) is 5.82 Å². The van der Waals surface area contributed by atoms with Gasteiger partial charge in [-0.2, -0.15) is 0 Å². The van der Waals surface area contributed by atoms with Crippen LogP contribution >= 0.6 is 11.3 Å². The zero-order valence-electron chi connectivity index (χ0n) is 19.1. The van der Waals surface area contributed by atoms with Crippen molar-refractivity contribution in [2.24, 2.45) is 0 Å². The number of hydrogen-bond donors (Lipinski definition) is 2. The zero-order valence-corrected chi connectivity index (χ0v) is 20.7. The summed E-state index contributed by atoms with van der Waals surface area (Å²) in [6, 6.07) is 14.5. The number of ether oxygens (including phenoxy) is 1. The van der Waals surface area contributed by atoms with Crippen LogP contribution in [0.2, 0.25) is 0 Å². The van der Waals surface area contributed by atoms with E-state index in [9.17, 15) is 12.8 Å². The van der Waals surface area contributed by atoms with E-state index in [2.05, 4.69) is 20.0 Å². The van der Waals surface area contributed by atoms with E-state index in [1.165, 1.54) is 36.6 Å². The van der Waals surface area contributed by atoms with Crippen LogP contribution in [0.5, 0.6) is 5.75 Å². The topological polar surface area (TPSA) is 111 Å². The van der Waals surface area contributed by atoms with Crippen molar-refractivity contribution in [2.45, 2.75) is 4.90 Å². The third-order valence-electron chi connectivity index (χ3n) is 5.34. The molecule has 0 saturated heterocycles. The van der Waals surface area contributed by atoms with Gasteiger partial charge in [0.15, 0.2) is 16.5 Å². The van der Waals surface area contributed by atoms with Crippen LogP contribution in [0.15, 0.2) is 77.3 Å². The number of nitrogens with zero attached hydrogens (tertiary/aromatic N) is 4. The van der Waals surface area contributed by atoms with Gasteiger partial charge in [0, 0.05) is 36.4 Å². The van der Waals surface area contributed by atoms with Gasteiger partial charge in [-0.25, -0.2) is 32.5 Å². The summed E-state index contributed by atoms with van der Waals surface area (Å²) in [5, 5.41) is 4.97. The van der Waals surface area contributed by atoms with E-state index in [1.54, 1.807) is 42.6 Å². The summed E-state index contributed by atoms with van der Waals surface area (Å²) >= 11 is 1.47. The van der Waals surface area contributed by atoms with Gasteiger partial charge in [0.25, 0.3) is 0 Å². The molecule has 0 radical (unpaired) electrons. The minimum atomic E-state index is -3.60. The lowest BCUT2D eigenvalue weighted by molar-refractivity contribution is 0.387. The van der Waals surface area contributed by atoms with E-state index in [4.69, 9.17) is 9.72 Å². The standard InChI is InChI=1S/C24H21FN6O3S2/c1-34-20-15-16(7-8-18(20)25)21-22(31-13-14-35-24(31)30-21)19-9-10-26-23(29-19)27-11-12-28-36(32,33)17-5-3-2-4-6-17/h2-10,13-15,28H,11-12H2,1H3,(H,26,27,29). The van der Waals surface area contributed by atoms with Crippen LogP contribution in [-0.2, 0) is 10.0 Å². The van der Waals surface area contributed by atoms with E-state index in [0.29, 0.717) is 22.9 Å². The summed E-state index contributed by atoms with van der Waals surface area (Å²) in [4.78, 5) is 14.6. The normalized spacial score (nSPS) is 11.6. The molecule has 0 saturated carbocycles. The van der Waals surface area contributed by atoms with E-state index in [1.807, 2.05) is 16.0 Å². The molecule has 3 heterocycles. The van der Waals surface area contributed by atoms with E-state index >= 15 is 0 Å². The second-order valence-electron chi connectivity index (χ2n) is 7.62. The molecular weight excluding hydrogens is 503 g/mol. The monoisotopic (exact) mass is 524 g/mol. The molecule has 0 bridgehead atoms. The lowest BCUT2D eigenvalue weighted by Gasteiger charge is -2.10. The van der Waals surface area contributed by atoms with Gasteiger partial charge in [0.1, 0.15) is 5.69 Å². The van der Waals surface area contributed by atoms with Gasteiger partial charge in [-0.15, -0.1) is 11.3 Å². The number of halogens is 1. The molecule has 0 atom stereocenters. The summed E-state index contributed by atoms with van der Waals surface area (Å²) in [6.07, 6.45) is 3.50. The first-order valence-corrected chi connectivity index (χ1v) is 13.2. The third-order valence-corrected chi connectivity index (χ3v) is 7.57. The minimum Gasteiger partial charge on any atom is -0.494 e. The van der Waals surface area contributed by atoms with Crippen LogP contribution in [0.4, 0.5) is 10.3 Å². The molecule has 3 aromatic heterocycles. The molecule has 0 amide bonds. The van der Waals surface area contributed by atoms with Gasteiger partial charge in [-0.1, -0.05) is 18.2 Å². The molecule has 0 fully saturated rings. The maximum Gasteiger partial charge on any atom is 0.240 e. The van der Waals surface area contributed by atoms with Crippen molar-refractivity contribution in [2.75, 3.05) is 25.5 Å². The van der Waals surface area contributed by atoms with Crippen LogP contribution in [-0.4, -0.2) is 48.0 Å². The molecule has 5 aromatic rings. The highest BCUT2D eigenvalue weighted by atomic mass is 32.2. The molecular formula is C24H21FN6O3S2. The molecule has 0 spiro atoms. The first-order valence-electron chi connectivity index (χ1n) is 10.9. The maximum absolute atomic E-state index is 14.0. The van der Waals surface area contributed by atoms with Gasteiger partial charge in [-0.3, -0.25) is 4.40 Å². The summed E-state index contributed by atoms with van der Waals surface area (Å²) < 4.78 is 48.4. The number of imidazole rings is 1. The van der Waals surface area contributed by atoms with E-state index in [-0.39, 0.29) is 23.7 Å². The number of nitrogens with one attached hydrogen (secondary N) is 2. The summed E-state index contributed by atoms with van der Waals surface area (Å²) in [5.74, 6) is -0.00254. The highest BCUT2D eigenvalue weighted by molar-refractivity contribution is 7.89. The quantitative estimate of drug-likeness (QED) is 0.280. The summed E-state index contributed by atoms with van der Waals surface area (Å²) in [6.45, 7) is 0.421. The Bertz CT molecular complexity index is 1620. The van der Waals surface area contributed by atoms with Gasteiger partial charge in [0.05, 0.1) is 23.4 Å². The number of sulfonamides is 1. The van der Waals surface area contributed by atoms with Gasteiger partial charge in [-0.05, 0) is 36.4 Å². The van der Waals surface area contributed by atoms with Crippen molar-refractivity contribution in [3.8, 4) is 28.4 Å². The first kappa shape index (κ1) is 23.9. The fourth-order valence-electron chi connectivity index (χ4n) is 3.66. The lowest BCUT2D eigenvalue weighted by Crippen LogP contribution is -2.29. The molecule has 5 rings (SSSR count). The SMILES string of the molecule is COc1cc(-c2nc3sccn3c2-c2ccnc(NCCNS(=O)(=O)c3ccccc3)n2)ccc1F. The Hall–Kier alpha value is -3.87. The van der Waals surface area contributed by atoms with Crippen molar-refractivity contribution in [3.05, 3.63) is 78.2 Å². The smallest absolute Gasteiger partial charge is 0.240 e. The Kier molecular flexibility index (Phi) is 6.63. The minimum absolute atomic E-state index is 0.123. The number of methoxy groups -OCH3 is 1. The van der Waals surface area contributed by atoms with E-state index < -0.39 is 15.8 Å². The average Bonchev–Trinajstić information content (AvgIpc) is 3.49. The fraction of sp³-hybridized carbons (Fsp3) is 0.125. The van der Waals surface area contributed by atoms with Crippen molar-refractivity contribution >= 4 is 32.3 Å². The van der Waals surface area contributed by atoms with Gasteiger partial charge >= 0.3 is 0 Å². The number of anilines is 1. The maximum atomic E-state index is 14.0. The van der Waals surface area contributed by atoms with E-state index in [0.717, 1.165) is 10.7 Å². The van der Waals surface area contributed by atoms with Gasteiger partial charge < -0.3 is 10.1 Å². The zero-order chi connectivity index (χ0) is 25.1. The first-order chi connectivity index (χ1) is 17.5. The number of hydrogen-bond acceptors (Lipinski definition) is 8. The summed E-state index contributed by atoms with van der Waals surface area (Å²) in [7, 11) is -2.19. The molecule has 0 aliphatic rings. The van der Waals surface area contributed by atoms with Crippen molar-refractivity contribution in [3.63, 3.8) is 0 Å². The largest absolute Gasteiger partial charge is 0.494 e. The highest BCUT2D eigenvalue weighted by Gasteiger charge is 2.20. The predicted octanol–water partition coefficient (Wildman–Crippen LogP) is 4.06. The molecule has 2 N–H and O–H groups in total. The molecule has 9 nitrogen and oxygen atoms in total. The molecule has 2 aromatic carbocycles. The average molecular weight is 525 g/mol. The number of rotatable bonds is 9.